The summed E-state index contributed by atoms with van der Waals surface area (Å²) in [7, 11) is 3.15. The predicted molar refractivity (Wildman–Crippen MR) is 88.8 cm³/mol. The van der Waals surface area contributed by atoms with Crippen molar-refractivity contribution in [1.82, 2.24) is 0 Å². The smallest absolute Gasteiger partial charge is 0.338 e. The SMILES string of the molecule is CCOC(=O)c1cc(N)c(OCCOC)c(OCCOC)c1.Cl. The zero-order valence-electron chi connectivity index (χ0n) is 13.6. The number of nitrogen functional groups attached to an aromatic ring is 1. The lowest BCUT2D eigenvalue weighted by atomic mass is 10.1. The maximum absolute atomic E-state index is 11.8. The Morgan fingerprint density at radius 1 is 1.04 bits per heavy atom. The molecular formula is C15H24ClNO6. The number of hydrogen-bond donors (Lipinski definition) is 1. The third-order valence-corrected chi connectivity index (χ3v) is 2.67. The molecule has 0 unspecified atom stereocenters. The van der Waals surface area contributed by atoms with Crippen LogP contribution in [0, 0.1) is 0 Å². The van der Waals surface area contributed by atoms with Crippen LogP contribution in [0.1, 0.15) is 17.3 Å². The summed E-state index contributed by atoms with van der Waals surface area (Å²) in [6.07, 6.45) is 0. The standard InChI is InChI=1S/C15H23NO6.ClH/c1-4-20-15(17)11-9-12(16)14(22-8-6-19-3)13(10-11)21-7-5-18-2;/h9-10H,4-8,16H2,1-3H3;1H. The van der Waals surface area contributed by atoms with Crippen molar-refractivity contribution >= 4 is 24.1 Å². The number of rotatable bonds is 10. The van der Waals surface area contributed by atoms with Crippen LogP contribution in [0.2, 0.25) is 0 Å². The van der Waals surface area contributed by atoms with Crippen LogP contribution < -0.4 is 15.2 Å². The number of hydrogen-bond acceptors (Lipinski definition) is 7. The molecule has 0 saturated carbocycles. The van der Waals surface area contributed by atoms with Gasteiger partial charge in [-0.2, -0.15) is 0 Å². The number of nitrogens with two attached hydrogens (primary N) is 1. The van der Waals surface area contributed by atoms with E-state index in [4.69, 9.17) is 29.4 Å². The van der Waals surface area contributed by atoms with Gasteiger partial charge in [0, 0.05) is 14.2 Å². The number of carbonyl (C=O) groups is 1. The summed E-state index contributed by atoms with van der Waals surface area (Å²) < 4.78 is 26.0. The minimum absolute atomic E-state index is 0. The van der Waals surface area contributed by atoms with Crippen molar-refractivity contribution in [1.29, 1.82) is 0 Å². The molecule has 0 aliphatic carbocycles. The van der Waals surface area contributed by atoms with E-state index in [0.717, 1.165) is 0 Å². The van der Waals surface area contributed by atoms with Crippen LogP contribution in [0.15, 0.2) is 12.1 Å². The molecule has 1 rings (SSSR count). The Balaban J connectivity index is 0.00000484. The Labute approximate surface area is 142 Å². The van der Waals surface area contributed by atoms with Crippen LogP contribution >= 0.6 is 12.4 Å². The van der Waals surface area contributed by atoms with Gasteiger partial charge in [-0.15, -0.1) is 12.4 Å². The second-order valence-electron chi connectivity index (χ2n) is 4.30. The zero-order chi connectivity index (χ0) is 16.4. The Kier molecular flexibility index (Phi) is 10.9. The van der Waals surface area contributed by atoms with E-state index in [0.29, 0.717) is 49.2 Å². The first-order chi connectivity index (χ1) is 10.6. The Morgan fingerprint density at radius 3 is 2.22 bits per heavy atom. The molecule has 0 aliphatic heterocycles. The van der Waals surface area contributed by atoms with Crippen LogP contribution in [-0.2, 0) is 14.2 Å². The van der Waals surface area contributed by atoms with Crippen LogP contribution in [0.3, 0.4) is 0 Å². The van der Waals surface area contributed by atoms with E-state index in [-0.39, 0.29) is 19.0 Å². The first kappa shape index (κ1) is 21.3. The van der Waals surface area contributed by atoms with Crippen molar-refractivity contribution < 1.29 is 28.5 Å². The molecule has 132 valence electrons. The maximum atomic E-state index is 11.8. The Bertz CT molecular complexity index is 483. The van der Waals surface area contributed by atoms with Crippen molar-refractivity contribution in [2.45, 2.75) is 6.92 Å². The first-order valence-electron chi connectivity index (χ1n) is 6.98. The van der Waals surface area contributed by atoms with Crippen LogP contribution in [0.4, 0.5) is 5.69 Å². The van der Waals surface area contributed by atoms with Gasteiger partial charge < -0.3 is 29.4 Å². The molecule has 7 nitrogen and oxygen atoms in total. The van der Waals surface area contributed by atoms with Crippen molar-refractivity contribution in [3.05, 3.63) is 17.7 Å². The highest BCUT2D eigenvalue weighted by molar-refractivity contribution is 5.92. The van der Waals surface area contributed by atoms with Gasteiger partial charge in [-0.25, -0.2) is 4.79 Å². The number of methoxy groups -OCH3 is 2. The largest absolute Gasteiger partial charge is 0.487 e. The highest BCUT2D eigenvalue weighted by Gasteiger charge is 2.16. The van der Waals surface area contributed by atoms with Crippen LogP contribution in [0.25, 0.3) is 0 Å². The van der Waals surface area contributed by atoms with Gasteiger partial charge in [-0.05, 0) is 19.1 Å². The molecule has 0 fully saturated rings. The third-order valence-electron chi connectivity index (χ3n) is 2.67. The summed E-state index contributed by atoms with van der Waals surface area (Å²) in [6.45, 7) is 3.46. The number of anilines is 1. The minimum Gasteiger partial charge on any atom is -0.487 e. The highest BCUT2D eigenvalue weighted by Crippen LogP contribution is 2.35. The van der Waals surface area contributed by atoms with E-state index in [9.17, 15) is 4.79 Å². The molecule has 2 N–H and O–H groups in total. The number of halogens is 1. The second kappa shape index (κ2) is 11.8. The number of benzene rings is 1. The van der Waals surface area contributed by atoms with Gasteiger partial charge in [0.1, 0.15) is 13.2 Å². The Hall–Kier alpha value is -1.70. The van der Waals surface area contributed by atoms with Gasteiger partial charge in [-0.1, -0.05) is 0 Å². The lowest BCUT2D eigenvalue weighted by Crippen LogP contribution is -2.12. The summed E-state index contributed by atoms with van der Waals surface area (Å²) >= 11 is 0. The molecule has 0 saturated heterocycles. The molecule has 0 heterocycles. The van der Waals surface area contributed by atoms with E-state index < -0.39 is 5.97 Å². The molecule has 1 aromatic rings. The molecule has 23 heavy (non-hydrogen) atoms. The van der Waals surface area contributed by atoms with Gasteiger partial charge in [-0.3, -0.25) is 0 Å². The molecule has 8 heteroatoms. The maximum Gasteiger partial charge on any atom is 0.338 e. The van der Waals surface area contributed by atoms with E-state index in [2.05, 4.69) is 0 Å². The Morgan fingerprint density at radius 2 is 1.65 bits per heavy atom. The number of ether oxygens (including phenoxy) is 5. The van der Waals surface area contributed by atoms with E-state index in [1.807, 2.05) is 0 Å². The molecule has 0 radical (unpaired) electrons. The van der Waals surface area contributed by atoms with Crippen LogP contribution in [-0.4, -0.2) is 53.2 Å². The van der Waals surface area contributed by atoms with Gasteiger partial charge >= 0.3 is 5.97 Å². The van der Waals surface area contributed by atoms with E-state index in [1.165, 1.54) is 6.07 Å². The third kappa shape index (κ3) is 6.94. The van der Waals surface area contributed by atoms with Gasteiger partial charge in [0.25, 0.3) is 0 Å². The molecule has 0 aliphatic rings. The molecule has 1 aromatic carbocycles. The van der Waals surface area contributed by atoms with Crippen LogP contribution in [0.5, 0.6) is 11.5 Å². The quantitative estimate of drug-likeness (QED) is 0.392. The van der Waals surface area contributed by atoms with Gasteiger partial charge in [0.2, 0.25) is 0 Å². The highest BCUT2D eigenvalue weighted by atomic mass is 35.5. The summed E-state index contributed by atoms with van der Waals surface area (Å²) in [5.74, 6) is 0.284. The predicted octanol–water partition coefficient (Wildman–Crippen LogP) is 1.92. The molecule has 0 spiro atoms. The average molecular weight is 350 g/mol. The zero-order valence-corrected chi connectivity index (χ0v) is 14.4. The number of carbonyl (C=O) groups excluding carboxylic acids is 1. The normalized spacial score (nSPS) is 9.87. The summed E-state index contributed by atoms with van der Waals surface area (Å²) in [5.41, 5.74) is 6.57. The first-order valence-corrected chi connectivity index (χ1v) is 6.98. The van der Waals surface area contributed by atoms with Crippen molar-refractivity contribution in [2.24, 2.45) is 0 Å². The van der Waals surface area contributed by atoms with E-state index >= 15 is 0 Å². The second-order valence-corrected chi connectivity index (χ2v) is 4.30. The fourth-order valence-electron chi connectivity index (χ4n) is 1.68. The molecular weight excluding hydrogens is 326 g/mol. The molecule has 0 aromatic heterocycles. The molecule has 0 amide bonds. The summed E-state index contributed by atoms with van der Waals surface area (Å²) in [5, 5.41) is 0. The van der Waals surface area contributed by atoms with Crippen molar-refractivity contribution in [3.8, 4) is 11.5 Å². The molecule has 0 atom stereocenters. The minimum atomic E-state index is -0.464. The average Bonchev–Trinajstić information content (AvgIpc) is 2.50. The monoisotopic (exact) mass is 349 g/mol. The van der Waals surface area contributed by atoms with Gasteiger partial charge in [0.05, 0.1) is 31.1 Å². The van der Waals surface area contributed by atoms with Crippen molar-refractivity contribution in [3.63, 3.8) is 0 Å². The summed E-state index contributed by atoms with van der Waals surface area (Å²) in [6, 6.07) is 3.05. The molecule has 0 bridgehead atoms. The summed E-state index contributed by atoms with van der Waals surface area (Å²) in [4.78, 5) is 11.8. The van der Waals surface area contributed by atoms with Crippen molar-refractivity contribution in [2.75, 3.05) is 53.0 Å². The number of esters is 1. The fraction of sp³-hybridized carbons (Fsp3) is 0.533. The van der Waals surface area contributed by atoms with E-state index in [1.54, 1.807) is 27.2 Å². The topological polar surface area (TPSA) is 89.2 Å². The fourth-order valence-corrected chi connectivity index (χ4v) is 1.68. The lowest BCUT2D eigenvalue weighted by Gasteiger charge is -2.16. The van der Waals surface area contributed by atoms with Gasteiger partial charge in [0.15, 0.2) is 11.5 Å². The lowest BCUT2D eigenvalue weighted by molar-refractivity contribution is 0.0525.